The highest BCUT2D eigenvalue weighted by molar-refractivity contribution is 5.60. The van der Waals surface area contributed by atoms with Gasteiger partial charge in [-0.1, -0.05) is 141 Å². The molecule has 0 bridgehead atoms. The number of unbranched alkanes of at least 4 members (excludes halogenated alkanes) is 12. The van der Waals surface area contributed by atoms with Crippen LogP contribution in [-0.2, 0) is 0 Å². The van der Waals surface area contributed by atoms with Crippen LogP contribution < -0.4 is 19.6 Å². The molecule has 2 aliphatic carbocycles. The van der Waals surface area contributed by atoms with E-state index in [1.54, 1.807) is 12.1 Å². The zero-order chi connectivity index (χ0) is 50.7. The first-order valence-corrected chi connectivity index (χ1v) is 28.6. The number of hydrogen-bond acceptors (Lipinski definition) is 10. The third-order valence-electron chi connectivity index (χ3n) is 17.3. The lowest BCUT2D eigenvalue weighted by Gasteiger charge is -2.47. The van der Waals surface area contributed by atoms with E-state index in [2.05, 4.69) is 95.8 Å². The van der Waals surface area contributed by atoms with Gasteiger partial charge in [0, 0.05) is 134 Å². The van der Waals surface area contributed by atoms with Gasteiger partial charge in [-0.05, 0) is 73.2 Å². The number of anilines is 4. The van der Waals surface area contributed by atoms with Gasteiger partial charge in [0.2, 0.25) is 0 Å². The van der Waals surface area contributed by atoms with Gasteiger partial charge in [-0.3, -0.25) is 0 Å². The highest BCUT2D eigenvalue weighted by Crippen LogP contribution is 2.53. The summed E-state index contributed by atoms with van der Waals surface area (Å²) in [5, 5.41) is 68.7. The second-order valence-corrected chi connectivity index (χ2v) is 22.3. The molecule has 0 aromatic heterocycles. The summed E-state index contributed by atoms with van der Waals surface area (Å²) < 4.78 is 0. The summed E-state index contributed by atoms with van der Waals surface area (Å²) in [5.41, 5.74) is 7.30. The van der Waals surface area contributed by atoms with Crippen LogP contribution in [0.1, 0.15) is 176 Å². The number of aromatic hydroxyl groups is 2. The maximum absolute atomic E-state index is 11.5. The lowest BCUT2D eigenvalue weighted by molar-refractivity contribution is -0.0795. The molecule has 4 fully saturated rings. The van der Waals surface area contributed by atoms with Gasteiger partial charge in [0.1, 0.15) is 11.5 Å². The van der Waals surface area contributed by atoms with Crippen molar-refractivity contribution in [1.82, 2.24) is 0 Å². The van der Waals surface area contributed by atoms with E-state index in [0.717, 1.165) is 74.9 Å². The Morgan fingerprint density at radius 3 is 0.972 bits per heavy atom. The first kappa shape index (κ1) is 53.8. The van der Waals surface area contributed by atoms with Crippen LogP contribution in [0.15, 0.2) is 84.9 Å². The van der Waals surface area contributed by atoms with Crippen LogP contribution in [0.4, 0.5) is 22.7 Å². The molecule has 2 aliphatic heterocycles. The Morgan fingerprint density at radius 2 is 0.694 bits per heavy atom. The SMILES string of the molecule is CCCCCCN(CCCCCC)c1ccc(C2C(O)C(c3ccc(N4CC5CN(c6ccc(C7C(O)C(c8ccc(N(CCCCCC)CCCCCC)cc8)C7O)c(O)c6)CC5C4)cc3O)C2O)cc1. The number of benzene rings is 4. The van der Waals surface area contributed by atoms with Crippen molar-refractivity contribution in [1.29, 1.82) is 0 Å². The molecule has 0 spiro atoms. The first-order chi connectivity index (χ1) is 35.1. The number of aliphatic hydroxyl groups excluding tert-OH is 4. The minimum Gasteiger partial charge on any atom is -0.508 e. The molecule has 4 atom stereocenters. The summed E-state index contributed by atoms with van der Waals surface area (Å²) in [6.45, 7) is 16.5. The molecule has 4 aromatic carbocycles. The standard InChI is InChI=1S/C62H90N4O6/c1-5-9-13-17-33-63(34-18-14-10-6-2)47-25-21-43(22-26-47)55-59(69)57(60(55)70)51-31-29-49(37-53(51)67)65-39-45-41-66(42-46(45)40-65)50-30-32-52(54(68)38-50)58-61(71)56(62(58)72)44-23-27-48(28-24-44)64(35-19-15-11-7-3)36-20-16-12-8-4/h21-32,37-38,45-46,55-62,67-72H,5-20,33-36,39-42H2,1-4H3. The van der Waals surface area contributed by atoms with Crippen molar-refractivity contribution in [2.24, 2.45) is 11.8 Å². The number of aliphatic hydroxyl groups is 4. The van der Waals surface area contributed by atoms with Crippen LogP contribution in [0.5, 0.6) is 11.5 Å². The van der Waals surface area contributed by atoms with Crippen LogP contribution in [0.3, 0.4) is 0 Å². The Kier molecular flexibility index (Phi) is 19.2. The van der Waals surface area contributed by atoms with E-state index in [1.165, 1.54) is 114 Å². The van der Waals surface area contributed by atoms with E-state index in [9.17, 15) is 30.6 Å². The van der Waals surface area contributed by atoms with E-state index in [0.29, 0.717) is 23.0 Å². The predicted octanol–water partition coefficient (Wildman–Crippen LogP) is 11.8. The van der Waals surface area contributed by atoms with Crippen molar-refractivity contribution >= 4 is 22.7 Å². The van der Waals surface area contributed by atoms with Gasteiger partial charge in [0.25, 0.3) is 0 Å². The summed E-state index contributed by atoms with van der Waals surface area (Å²) in [6.07, 6.45) is 16.5. The van der Waals surface area contributed by atoms with Gasteiger partial charge in [0.05, 0.1) is 24.4 Å². The second kappa shape index (κ2) is 25.6. The van der Waals surface area contributed by atoms with Gasteiger partial charge in [0.15, 0.2) is 0 Å². The van der Waals surface area contributed by atoms with Crippen molar-refractivity contribution in [2.75, 3.05) is 72.0 Å². The molecule has 6 N–H and O–H groups in total. The molecule has 4 aromatic rings. The molecular weight excluding hydrogens is 897 g/mol. The van der Waals surface area contributed by atoms with E-state index >= 15 is 0 Å². The molecule has 8 rings (SSSR count). The molecule has 0 amide bonds. The summed E-state index contributed by atoms with van der Waals surface area (Å²) in [5.74, 6) is -0.922. The van der Waals surface area contributed by atoms with Crippen LogP contribution in [0.25, 0.3) is 0 Å². The fourth-order valence-corrected chi connectivity index (χ4v) is 12.8. The summed E-state index contributed by atoms with van der Waals surface area (Å²) in [4.78, 5) is 9.66. The third kappa shape index (κ3) is 12.2. The van der Waals surface area contributed by atoms with Crippen LogP contribution in [0.2, 0.25) is 0 Å². The molecular formula is C62H90N4O6. The first-order valence-electron chi connectivity index (χ1n) is 28.6. The van der Waals surface area contributed by atoms with Crippen molar-refractivity contribution in [3.05, 3.63) is 107 Å². The Morgan fingerprint density at radius 1 is 0.389 bits per heavy atom. The van der Waals surface area contributed by atoms with Crippen molar-refractivity contribution in [3.63, 3.8) is 0 Å². The maximum atomic E-state index is 11.5. The molecule has 0 radical (unpaired) electrons. The van der Waals surface area contributed by atoms with E-state index in [4.69, 9.17) is 0 Å². The monoisotopic (exact) mass is 987 g/mol. The molecule has 394 valence electrons. The average Bonchev–Trinajstić information content (AvgIpc) is 3.98. The van der Waals surface area contributed by atoms with Crippen molar-refractivity contribution in [3.8, 4) is 11.5 Å². The maximum Gasteiger partial charge on any atom is 0.121 e. The quantitative estimate of drug-likeness (QED) is 0.0306. The number of hydrogen-bond donors (Lipinski definition) is 6. The molecule has 2 saturated carbocycles. The minimum absolute atomic E-state index is 0.106. The number of nitrogens with zero attached hydrogens (tertiary/aromatic N) is 4. The fraction of sp³-hybridized carbons (Fsp3) is 0.613. The van der Waals surface area contributed by atoms with Gasteiger partial charge in [-0.25, -0.2) is 0 Å². The second-order valence-electron chi connectivity index (χ2n) is 22.3. The molecule has 2 saturated heterocycles. The fourth-order valence-electron chi connectivity index (χ4n) is 12.8. The molecule has 4 unspecified atom stereocenters. The van der Waals surface area contributed by atoms with Gasteiger partial charge in [-0.15, -0.1) is 0 Å². The zero-order valence-corrected chi connectivity index (χ0v) is 44.3. The average molecular weight is 987 g/mol. The van der Waals surface area contributed by atoms with Crippen LogP contribution >= 0.6 is 0 Å². The third-order valence-corrected chi connectivity index (χ3v) is 17.3. The highest BCUT2D eigenvalue weighted by atomic mass is 16.3. The molecule has 10 heteroatoms. The normalized spacial score (nSPS) is 25.6. The summed E-state index contributed by atoms with van der Waals surface area (Å²) in [7, 11) is 0. The molecule has 72 heavy (non-hydrogen) atoms. The highest BCUT2D eigenvalue weighted by Gasteiger charge is 2.52. The van der Waals surface area contributed by atoms with Gasteiger partial charge in [-0.2, -0.15) is 0 Å². The Hall–Kier alpha value is -4.48. The number of fused-ring (bicyclic) bond motifs is 1. The molecule has 4 aliphatic rings. The number of rotatable bonds is 28. The zero-order valence-electron chi connectivity index (χ0n) is 44.3. The van der Waals surface area contributed by atoms with Crippen LogP contribution in [-0.4, -0.2) is 107 Å². The Labute approximate surface area is 432 Å². The largest absolute Gasteiger partial charge is 0.508 e. The lowest BCUT2D eigenvalue weighted by Crippen LogP contribution is -2.51. The number of phenols is 2. The summed E-state index contributed by atoms with van der Waals surface area (Å²) >= 11 is 0. The number of phenolic OH excluding ortho intramolecular Hbond substituents is 2. The van der Waals surface area contributed by atoms with Gasteiger partial charge < -0.3 is 50.2 Å². The summed E-state index contributed by atoms with van der Waals surface area (Å²) in [6, 6.07) is 28.3. The Balaban J connectivity index is 0.824. The smallest absolute Gasteiger partial charge is 0.121 e. The van der Waals surface area contributed by atoms with E-state index in [1.807, 2.05) is 24.3 Å². The van der Waals surface area contributed by atoms with Gasteiger partial charge >= 0.3 is 0 Å². The predicted molar refractivity (Wildman–Crippen MR) is 296 cm³/mol. The minimum atomic E-state index is -0.803. The van der Waals surface area contributed by atoms with Crippen molar-refractivity contribution < 1.29 is 30.6 Å². The van der Waals surface area contributed by atoms with Crippen molar-refractivity contribution in [2.45, 2.75) is 179 Å². The van der Waals surface area contributed by atoms with E-state index < -0.39 is 48.1 Å². The molecule has 2 heterocycles. The van der Waals surface area contributed by atoms with Crippen LogP contribution in [0, 0.1) is 11.8 Å². The Bertz CT molecular complexity index is 2060. The lowest BCUT2D eigenvalue weighted by atomic mass is 9.63. The topological polar surface area (TPSA) is 134 Å². The molecule has 10 nitrogen and oxygen atoms in total. The van der Waals surface area contributed by atoms with E-state index in [-0.39, 0.29) is 11.5 Å².